The van der Waals surface area contributed by atoms with Gasteiger partial charge in [-0.15, -0.1) is 0 Å². The summed E-state index contributed by atoms with van der Waals surface area (Å²) in [6.07, 6.45) is 9.48. The van der Waals surface area contributed by atoms with Crippen molar-refractivity contribution >= 4 is 33.7 Å². The van der Waals surface area contributed by atoms with E-state index in [0.717, 1.165) is 83.0 Å². The molecule has 0 spiro atoms. The number of hydrogen-bond donors (Lipinski definition) is 4. The largest absolute Gasteiger partial charge is 0.348 e. The molecule has 6 heterocycles. The Labute approximate surface area is 303 Å². The third-order valence-electron chi connectivity index (χ3n) is 11.9. The number of aromatic amines is 3. The number of carbonyl (C=O) groups excluding carboxylic acids is 2. The van der Waals surface area contributed by atoms with Crippen molar-refractivity contribution in [3.05, 3.63) is 93.4 Å². The number of urea groups is 1. The standard InChI is InChI=1S/C40H49N9O3/c1-25-19-27(20-31-23-43-46-36(25)31)21-35(39(51)48-17-11-32(12-18-48)47-13-9-29(10-14-47)37-26(2)41-24-42-37)45-40(52)49-15-7-28(8-16-49)33-22-30-5-3-4-6-34(30)44-38(33)50/h3-6,19-20,22-24,28-29,32,35H,7-18,21H2,1-2H3,(H,41,42)(H,43,46)(H,44,50)(H,45,52). The highest BCUT2D eigenvalue weighted by molar-refractivity contribution is 5.88. The molecular formula is C40H49N9O3. The Balaban J connectivity index is 0.918. The Morgan fingerprint density at radius 3 is 2.37 bits per heavy atom. The van der Waals surface area contributed by atoms with Crippen LogP contribution in [0.1, 0.15) is 78.4 Å². The minimum Gasteiger partial charge on any atom is -0.348 e. The molecule has 3 aromatic heterocycles. The summed E-state index contributed by atoms with van der Waals surface area (Å²) < 4.78 is 0. The zero-order valence-corrected chi connectivity index (χ0v) is 30.2. The number of rotatable bonds is 7. The normalized spacial score (nSPS) is 19.0. The third-order valence-corrected chi connectivity index (χ3v) is 11.9. The van der Waals surface area contributed by atoms with Crippen molar-refractivity contribution in [1.82, 2.24) is 45.2 Å². The number of aryl methyl sites for hydroxylation is 2. The minimum atomic E-state index is -0.692. The van der Waals surface area contributed by atoms with Gasteiger partial charge in [-0.05, 0) is 106 Å². The minimum absolute atomic E-state index is 0.0252. The number of para-hydroxylation sites is 1. The van der Waals surface area contributed by atoms with Gasteiger partial charge in [0.25, 0.3) is 5.56 Å². The van der Waals surface area contributed by atoms with Gasteiger partial charge < -0.3 is 30.0 Å². The van der Waals surface area contributed by atoms with Crippen LogP contribution in [0, 0.1) is 13.8 Å². The quantitative estimate of drug-likeness (QED) is 0.185. The van der Waals surface area contributed by atoms with E-state index in [-0.39, 0.29) is 23.4 Å². The first-order valence-corrected chi connectivity index (χ1v) is 18.9. The van der Waals surface area contributed by atoms with Gasteiger partial charge in [0, 0.05) is 66.7 Å². The molecule has 4 N–H and O–H groups in total. The first-order valence-electron chi connectivity index (χ1n) is 18.9. The van der Waals surface area contributed by atoms with E-state index in [9.17, 15) is 14.4 Å². The van der Waals surface area contributed by atoms with E-state index in [1.54, 1.807) is 17.4 Å². The summed E-state index contributed by atoms with van der Waals surface area (Å²) in [5, 5.41) is 12.4. The van der Waals surface area contributed by atoms with Crippen LogP contribution in [0.3, 0.4) is 0 Å². The van der Waals surface area contributed by atoms with Gasteiger partial charge in [-0.25, -0.2) is 9.78 Å². The number of pyridine rings is 1. The molecule has 12 heteroatoms. The fourth-order valence-corrected chi connectivity index (χ4v) is 8.98. The molecule has 3 fully saturated rings. The van der Waals surface area contributed by atoms with Crippen LogP contribution >= 0.6 is 0 Å². The molecular weight excluding hydrogens is 654 g/mol. The van der Waals surface area contributed by atoms with Gasteiger partial charge in [-0.2, -0.15) is 5.10 Å². The van der Waals surface area contributed by atoms with Gasteiger partial charge >= 0.3 is 6.03 Å². The lowest BCUT2D eigenvalue weighted by molar-refractivity contribution is -0.135. The molecule has 0 aliphatic carbocycles. The fourth-order valence-electron chi connectivity index (χ4n) is 8.98. The van der Waals surface area contributed by atoms with Crippen LogP contribution in [-0.2, 0) is 11.2 Å². The summed E-state index contributed by atoms with van der Waals surface area (Å²) in [6, 6.07) is 13.5. The van der Waals surface area contributed by atoms with Gasteiger partial charge in [0.1, 0.15) is 6.04 Å². The number of benzene rings is 2. The van der Waals surface area contributed by atoms with E-state index in [1.807, 2.05) is 42.2 Å². The second kappa shape index (κ2) is 14.6. The summed E-state index contributed by atoms with van der Waals surface area (Å²) >= 11 is 0. The molecule has 3 amide bonds. The highest BCUT2D eigenvalue weighted by Gasteiger charge is 2.35. The van der Waals surface area contributed by atoms with Gasteiger partial charge in [-0.3, -0.25) is 14.7 Å². The van der Waals surface area contributed by atoms with Crippen molar-refractivity contribution in [3.63, 3.8) is 0 Å². The maximum atomic E-state index is 14.3. The third kappa shape index (κ3) is 6.96. The Morgan fingerprint density at radius 2 is 1.62 bits per heavy atom. The average Bonchev–Trinajstić information content (AvgIpc) is 3.83. The number of likely N-dealkylation sites (tertiary alicyclic amines) is 3. The van der Waals surface area contributed by atoms with Gasteiger partial charge in [-0.1, -0.05) is 24.3 Å². The maximum Gasteiger partial charge on any atom is 0.318 e. The van der Waals surface area contributed by atoms with Crippen molar-refractivity contribution in [1.29, 1.82) is 0 Å². The van der Waals surface area contributed by atoms with Crippen molar-refractivity contribution in [2.24, 2.45) is 0 Å². The van der Waals surface area contributed by atoms with Crippen LogP contribution in [0.5, 0.6) is 0 Å². The molecule has 0 radical (unpaired) electrons. The van der Waals surface area contributed by atoms with E-state index in [2.05, 4.69) is 54.4 Å². The number of carbonyl (C=O) groups is 2. The summed E-state index contributed by atoms with van der Waals surface area (Å²) in [5.41, 5.74) is 6.96. The second-order valence-electron chi connectivity index (χ2n) is 15.1. The maximum absolute atomic E-state index is 14.3. The molecule has 12 nitrogen and oxygen atoms in total. The lowest BCUT2D eigenvalue weighted by Gasteiger charge is -2.42. The van der Waals surface area contributed by atoms with Crippen LogP contribution in [-0.4, -0.2) is 103 Å². The van der Waals surface area contributed by atoms with E-state index in [0.29, 0.717) is 57.4 Å². The van der Waals surface area contributed by atoms with Gasteiger partial charge in [0.05, 0.1) is 23.7 Å². The highest BCUT2D eigenvalue weighted by atomic mass is 16.2. The van der Waals surface area contributed by atoms with Crippen molar-refractivity contribution in [3.8, 4) is 0 Å². The highest BCUT2D eigenvalue weighted by Crippen LogP contribution is 2.32. The fraction of sp³-hybridized carbons (Fsp3) is 0.475. The molecule has 0 saturated carbocycles. The van der Waals surface area contributed by atoms with E-state index in [4.69, 9.17) is 0 Å². The monoisotopic (exact) mass is 703 g/mol. The SMILES string of the molecule is Cc1nc[nH]c1C1CCN(C2CCN(C(=O)C(Cc3cc(C)c4[nH]ncc4c3)NC(=O)N3CCC(c4cc5ccccc5[nH]c4=O)CC3)CC2)CC1. The molecule has 2 aromatic carbocycles. The topological polar surface area (TPSA) is 146 Å². The lowest BCUT2D eigenvalue weighted by atomic mass is 9.89. The van der Waals surface area contributed by atoms with Crippen molar-refractivity contribution in [2.45, 2.75) is 82.7 Å². The molecule has 272 valence electrons. The number of piperidine rings is 3. The zero-order valence-electron chi connectivity index (χ0n) is 30.2. The number of nitrogens with zero attached hydrogens (tertiary/aromatic N) is 5. The predicted octanol–water partition coefficient (Wildman–Crippen LogP) is 5.12. The van der Waals surface area contributed by atoms with E-state index >= 15 is 0 Å². The predicted molar refractivity (Wildman–Crippen MR) is 201 cm³/mol. The van der Waals surface area contributed by atoms with Crippen molar-refractivity contribution in [2.75, 3.05) is 39.3 Å². The number of hydrogen-bond acceptors (Lipinski definition) is 6. The number of nitrogens with one attached hydrogen (secondary N) is 4. The molecule has 1 atom stereocenters. The van der Waals surface area contributed by atoms with Crippen LogP contribution in [0.4, 0.5) is 4.79 Å². The first kappa shape index (κ1) is 34.1. The smallest absolute Gasteiger partial charge is 0.318 e. The summed E-state index contributed by atoms with van der Waals surface area (Å²) in [4.78, 5) is 58.3. The summed E-state index contributed by atoms with van der Waals surface area (Å²) in [5.74, 6) is 0.575. The van der Waals surface area contributed by atoms with Gasteiger partial charge in [0.15, 0.2) is 0 Å². The molecule has 52 heavy (non-hydrogen) atoms. The number of aromatic nitrogens is 5. The van der Waals surface area contributed by atoms with Crippen LogP contribution in [0.25, 0.3) is 21.8 Å². The van der Waals surface area contributed by atoms with Crippen molar-refractivity contribution < 1.29 is 9.59 Å². The number of H-pyrrole nitrogens is 3. The number of imidazole rings is 1. The Hall–Kier alpha value is -4.97. The molecule has 5 aromatic rings. The summed E-state index contributed by atoms with van der Waals surface area (Å²) in [7, 11) is 0. The first-order chi connectivity index (χ1) is 25.3. The Morgan fingerprint density at radius 1 is 0.885 bits per heavy atom. The number of fused-ring (bicyclic) bond motifs is 2. The Bertz CT molecular complexity index is 2110. The summed E-state index contributed by atoms with van der Waals surface area (Å²) in [6.45, 7) is 8.63. The molecule has 1 unspecified atom stereocenters. The second-order valence-corrected chi connectivity index (χ2v) is 15.1. The molecule has 3 aliphatic heterocycles. The van der Waals surface area contributed by atoms with Crippen LogP contribution < -0.4 is 10.9 Å². The van der Waals surface area contributed by atoms with Crippen LogP contribution in [0.15, 0.2) is 59.8 Å². The number of amides is 3. The molecule has 3 aliphatic rings. The molecule has 0 bridgehead atoms. The van der Waals surface area contributed by atoms with Crippen LogP contribution in [0.2, 0.25) is 0 Å². The lowest BCUT2D eigenvalue weighted by Crippen LogP contribution is -2.56. The Kier molecular flexibility index (Phi) is 9.57. The molecule has 8 rings (SSSR count). The van der Waals surface area contributed by atoms with Gasteiger partial charge in [0.2, 0.25) is 5.91 Å². The molecule has 3 saturated heterocycles. The van der Waals surface area contributed by atoms with E-state index in [1.165, 1.54) is 5.69 Å². The van der Waals surface area contributed by atoms with E-state index < -0.39 is 6.04 Å². The average molecular weight is 704 g/mol. The zero-order chi connectivity index (χ0) is 35.8.